The van der Waals surface area contributed by atoms with Gasteiger partial charge in [0.25, 0.3) is 17.7 Å². The Morgan fingerprint density at radius 1 is 0.792 bits per heavy atom. The second-order valence-corrected chi connectivity index (χ2v) is 18.5. The second kappa shape index (κ2) is 37.8. The lowest BCUT2D eigenvalue weighted by molar-refractivity contribution is -0.139. The van der Waals surface area contributed by atoms with Gasteiger partial charge >= 0.3 is 0 Å². The molecule has 1 fully saturated rings. The number of aliphatic imine (C=N–C) groups is 1. The Bertz CT molecular complexity index is 2120. The standard InChI is InChI=1S/C48H85N19O10/c1-30(61-39(69)25-32(68)26-53)41(71)59-28-40(70)62-36(14-10-20-52)47(77)67-23-9-4-16-38(67)46(76)66-37(24-31-27-56-29-60-31)45(75)65-34(13-3-6-18-50)43(73)64-35(15-11-22-58-48(54)55)44(74)63-33(12-2-5-17-49)42(72)57-21-8-7-19-51/h15,27,29-30,32-34,37-38,68H,2-14,16-26,28,49-53H2,1H3,(H,56,60)(H,57,72)(H,59,71)(H,61,69)(H,63,74)(H,64,73)(H,65,75)(H,66,76)(H4,54,55,58)/b35-15-,62-36+/t30-,32+,33-,34-,37-,38-/m0/s1. The number of carbonyl (C=O) groups is 9. The van der Waals surface area contributed by atoms with E-state index in [1.54, 1.807) is 0 Å². The van der Waals surface area contributed by atoms with Crippen LogP contribution in [-0.4, -0.2) is 180 Å². The van der Waals surface area contributed by atoms with Gasteiger partial charge in [-0.2, -0.15) is 0 Å². The van der Waals surface area contributed by atoms with E-state index in [1.165, 1.54) is 30.4 Å². The first-order valence-corrected chi connectivity index (χ1v) is 26.3. The van der Waals surface area contributed by atoms with Crippen molar-refractivity contribution in [1.82, 2.24) is 57.4 Å². The van der Waals surface area contributed by atoms with Crippen molar-refractivity contribution in [3.8, 4) is 0 Å². The normalized spacial score (nSPS) is 15.6. The third kappa shape index (κ3) is 26.1. The van der Waals surface area contributed by atoms with Crippen LogP contribution >= 0.6 is 0 Å². The average Bonchev–Trinajstić information content (AvgIpc) is 3.93. The molecule has 1 aromatic heterocycles. The molecule has 1 aliphatic heterocycles. The van der Waals surface area contributed by atoms with Gasteiger partial charge in [0.05, 0.1) is 25.4 Å². The van der Waals surface area contributed by atoms with E-state index in [4.69, 9.17) is 39.8 Å². The summed E-state index contributed by atoms with van der Waals surface area (Å²) in [5, 5.41) is 38.2. The monoisotopic (exact) mass is 1090 g/mol. The van der Waals surface area contributed by atoms with Gasteiger partial charge in [0.1, 0.15) is 41.6 Å². The molecule has 1 aromatic rings. The molecule has 0 bridgehead atoms. The van der Waals surface area contributed by atoms with Crippen LogP contribution in [0.1, 0.15) is 109 Å². The first-order chi connectivity index (χ1) is 36.9. The van der Waals surface area contributed by atoms with E-state index in [2.05, 4.69) is 57.5 Å². The summed E-state index contributed by atoms with van der Waals surface area (Å²) in [5.74, 6) is -6.92. The number of unbranched alkanes of at least 4 members (excludes halogenated alkanes) is 3. The SMILES string of the molecule is C[C@H](NC(=O)C[C@@H](O)CN)C(=O)NCC(=O)/N=C(\CCCN)C(=O)N1CCCC[C@H]1C(=O)N[C@@H](Cc1cnc[nH]1)C(=O)N[C@@H](CCCCN)C(=O)N/C(=C\CCNC(=N)N)C(=O)N[C@@H](CCCCN)C(=O)NCCCCN. The van der Waals surface area contributed by atoms with E-state index >= 15 is 0 Å². The maximum Gasteiger partial charge on any atom is 0.269 e. The highest BCUT2D eigenvalue weighted by Crippen LogP contribution is 2.20. The molecule has 1 saturated heterocycles. The predicted molar refractivity (Wildman–Crippen MR) is 286 cm³/mol. The van der Waals surface area contributed by atoms with Crippen LogP contribution in [0.15, 0.2) is 29.3 Å². The summed E-state index contributed by atoms with van der Waals surface area (Å²) < 4.78 is 0. The molecule has 29 heteroatoms. The number of hydrogen-bond donors (Lipinski definition) is 17. The van der Waals surface area contributed by atoms with Gasteiger partial charge in [-0.05, 0) is 123 Å². The minimum absolute atomic E-state index is 0.0429. The largest absolute Gasteiger partial charge is 0.391 e. The third-order valence-electron chi connectivity index (χ3n) is 12.1. The number of likely N-dealkylation sites (tertiary alicyclic amines) is 1. The number of aliphatic hydroxyl groups excluding tert-OH is 1. The molecule has 1 aliphatic rings. The fourth-order valence-corrected chi connectivity index (χ4v) is 7.84. The molecule has 6 atom stereocenters. The number of imidazole rings is 1. The lowest BCUT2D eigenvalue weighted by atomic mass is 9.99. The topological polar surface area (TPSA) is 494 Å². The summed E-state index contributed by atoms with van der Waals surface area (Å²) in [6.45, 7) is 2.28. The molecule has 2 heterocycles. The van der Waals surface area contributed by atoms with Gasteiger partial charge in [-0.25, -0.2) is 9.98 Å². The Hall–Kier alpha value is -6.92. The van der Waals surface area contributed by atoms with E-state index in [0.717, 1.165) is 0 Å². The van der Waals surface area contributed by atoms with Gasteiger partial charge in [-0.1, -0.05) is 6.08 Å². The maximum atomic E-state index is 14.5. The molecule has 432 valence electrons. The van der Waals surface area contributed by atoms with Crippen LogP contribution in [0.25, 0.3) is 0 Å². The zero-order valence-electron chi connectivity index (χ0n) is 44.3. The molecule has 0 saturated carbocycles. The highest BCUT2D eigenvalue weighted by Gasteiger charge is 2.37. The average molecular weight is 1090 g/mol. The number of aromatic nitrogens is 2. The molecule has 0 unspecified atom stereocenters. The van der Waals surface area contributed by atoms with Gasteiger partial charge in [0.15, 0.2) is 5.96 Å². The minimum Gasteiger partial charge on any atom is -0.391 e. The van der Waals surface area contributed by atoms with Crippen LogP contribution in [0, 0.1) is 5.41 Å². The van der Waals surface area contributed by atoms with Gasteiger partial charge in [-0.15, -0.1) is 0 Å². The van der Waals surface area contributed by atoms with Crippen LogP contribution in [0.3, 0.4) is 0 Å². The Labute approximate surface area is 449 Å². The first kappa shape index (κ1) is 66.2. The Morgan fingerprint density at radius 3 is 2.08 bits per heavy atom. The number of amides is 9. The fourth-order valence-electron chi connectivity index (χ4n) is 7.84. The molecule has 2 rings (SSSR count). The van der Waals surface area contributed by atoms with Crippen molar-refractivity contribution in [2.24, 2.45) is 39.4 Å². The molecular weight excluding hydrogens is 1000 g/mol. The van der Waals surface area contributed by atoms with E-state index in [1.807, 2.05) is 0 Å². The first-order valence-electron chi connectivity index (χ1n) is 26.3. The summed E-state index contributed by atoms with van der Waals surface area (Å²) in [7, 11) is 0. The van der Waals surface area contributed by atoms with Crippen LogP contribution in [0.4, 0.5) is 0 Å². The van der Waals surface area contributed by atoms with E-state index in [-0.39, 0.29) is 101 Å². The number of H-pyrrole nitrogens is 1. The van der Waals surface area contributed by atoms with Gasteiger partial charge in [0.2, 0.25) is 35.4 Å². The predicted octanol–water partition coefficient (Wildman–Crippen LogP) is -5.19. The van der Waals surface area contributed by atoms with Gasteiger partial charge in [-0.3, -0.25) is 48.6 Å². The number of nitrogens with zero attached hydrogens (tertiary/aromatic N) is 3. The summed E-state index contributed by atoms with van der Waals surface area (Å²) in [6, 6.07) is -5.91. The van der Waals surface area contributed by atoms with Crippen molar-refractivity contribution >= 4 is 64.8 Å². The Morgan fingerprint density at radius 2 is 1.45 bits per heavy atom. The molecule has 0 aliphatic carbocycles. The molecule has 77 heavy (non-hydrogen) atoms. The third-order valence-corrected chi connectivity index (χ3v) is 12.1. The number of hydrogen-bond acceptors (Lipinski definition) is 17. The summed E-state index contributed by atoms with van der Waals surface area (Å²) in [6.07, 6.45) is 7.57. The van der Waals surface area contributed by atoms with Crippen molar-refractivity contribution in [2.75, 3.05) is 58.9 Å². The number of rotatable bonds is 37. The number of nitrogens with one attached hydrogen (secondary N) is 10. The number of nitrogens with two attached hydrogens (primary N) is 6. The van der Waals surface area contributed by atoms with Crippen LogP contribution < -0.4 is 76.9 Å². The Balaban J connectivity index is 2.42. The maximum absolute atomic E-state index is 14.5. The molecular formula is C48H85N19O10. The molecule has 0 spiro atoms. The number of carbonyl (C=O) groups excluding carboxylic acids is 9. The highest BCUT2D eigenvalue weighted by atomic mass is 16.3. The van der Waals surface area contributed by atoms with E-state index in [9.17, 15) is 48.3 Å². The summed E-state index contributed by atoms with van der Waals surface area (Å²) >= 11 is 0. The lowest BCUT2D eigenvalue weighted by Crippen LogP contribution is -2.59. The van der Waals surface area contributed by atoms with Crippen molar-refractivity contribution < 1.29 is 48.3 Å². The van der Waals surface area contributed by atoms with E-state index < -0.39 is 96.0 Å². The fraction of sp³-hybridized carbons (Fsp3) is 0.667. The highest BCUT2D eigenvalue weighted by molar-refractivity contribution is 6.40. The van der Waals surface area contributed by atoms with Gasteiger partial charge < -0.3 is 91.9 Å². The van der Waals surface area contributed by atoms with Crippen LogP contribution in [0.2, 0.25) is 0 Å². The van der Waals surface area contributed by atoms with Crippen LogP contribution in [-0.2, 0) is 49.6 Å². The zero-order chi connectivity index (χ0) is 57.1. The van der Waals surface area contributed by atoms with E-state index in [0.29, 0.717) is 76.7 Å². The number of guanidine groups is 1. The number of aliphatic hydroxyl groups is 1. The number of aromatic amines is 1. The van der Waals surface area contributed by atoms with Crippen LogP contribution in [0.5, 0.6) is 0 Å². The van der Waals surface area contributed by atoms with Gasteiger partial charge in [0, 0.05) is 44.5 Å². The second-order valence-electron chi connectivity index (χ2n) is 18.5. The number of piperidine rings is 1. The minimum atomic E-state index is -1.37. The lowest BCUT2D eigenvalue weighted by Gasteiger charge is -2.36. The molecule has 23 N–H and O–H groups in total. The molecule has 9 amide bonds. The quantitative estimate of drug-likeness (QED) is 0.0128. The summed E-state index contributed by atoms with van der Waals surface area (Å²) in [5.41, 5.74) is 33.6. The van der Waals surface area contributed by atoms with Crippen molar-refractivity contribution in [1.29, 1.82) is 5.41 Å². The van der Waals surface area contributed by atoms with Crippen molar-refractivity contribution in [3.05, 3.63) is 30.0 Å². The van der Waals surface area contributed by atoms with Crippen molar-refractivity contribution in [2.45, 2.75) is 146 Å². The molecule has 0 aromatic carbocycles. The molecule has 29 nitrogen and oxygen atoms in total. The smallest absolute Gasteiger partial charge is 0.269 e. The summed E-state index contributed by atoms with van der Waals surface area (Å²) in [4.78, 5) is 135. The van der Waals surface area contributed by atoms with Crippen molar-refractivity contribution in [3.63, 3.8) is 0 Å². The zero-order valence-corrected chi connectivity index (χ0v) is 44.3. The molecule has 0 radical (unpaired) electrons. The Kier molecular flexibility index (Phi) is 32.5.